The highest BCUT2D eigenvalue weighted by atomic mass is 16.5. The Labute approximate surface area is 121 Å². The maximum absolute atomic E-state index is 5.97. The van der Waals surface area contributed by atoms with Gasteiger partial charge < -0.3 is 13.8 Å². The molecule has 0 saturated heterocycles. The van der Waals surface area contributed by atoms with Crippen molar-refractivity contribution >= 4 is 0 Å². The highest BCUT2D eigenvalue weighted by Crippen LogP contribution is 2.30. The molecule has 0 aliphatic carbocycles. The Morgan fingerprint density at radius 1 is 1.24 bits per heavy atom. The second kappa shape index (κ2) is 4.82. The predicted octanol–water partition coefficient (Wildman–Crippen LogP) is 2.51. The van der Waals surface area contributed by atoms with Crippen molar-refractivity contribution in [3.63, 3.8) is 0 Å². The third-order valence-electron chi connectivity index (χ3n) is 3.63. The topological polar surface area (TPSA) is 66.0 Å². The van der Waals surface area contributed by atoms with Crippen LogP contribution in [0.3, 0.4) is 0 Å². The first-order chi connectivity index (χ1) is 10.3. The number of ether oxygens (including phenoxy) is 1. The third kappa shape index (κ3) is 2.13. The van der Waals surface area contributed by atoms with E-state index in [1.165, 1.54) is 5.56 Å². The zero-order valence-corrected chi connectivity index (χ0v) is 11.6. The van der Waals surface area contributed by atoms with Gasteiger partial charge in [0.15, 0.2) is 11.5 Å². The van der Waals surface area contributed by atoms with Gasteiger partial charge in [-0.2, -0.15) is 4.98 Å². The van der Waals surface area contributed by atoms with E-state index in [0.717, 1.165) is 12.2 Å². The van der Waals surface area contributed by atoms with Crippen molar-refractivity contribution in [3.8, 4) is 11.6 Å². The van der Waals surface area contributed by atoms with Crippen LogP contribution in [0.4, 0.5) is 0 Å². The number of hydrogen-bond donors (Lipinski definition) is 0. The van der Waals surface area contributed by atoms with Crippen molar-refractivity contribution in [2.24, 2.45) is 0 Å². The number of benzene rings is 1. The van der Waals surface area contributed by atoms with E-state index < -0.39 is 0 Å². The molecule has 106 valence electrons. The van der Waals surface area contributed by atoms with Crippen LogP contribution in [-0.2, 0) is 17.9 Å². The number of nitrogens with zero attached hydrogens (tertiary/aromatic N) is 4. The minimum Gasteiger partial charge on any atom is -0.365 e. The monoisotopic (exact) mass is 282 g/mol. The second-order valence-electron chi connectivity index (χ2n) is 5.05. The van der Waals surface area contributed by atoms with Gasteiger partial charge in [0.05, 0.1) is 25.2 Å². The third-order valence-corrected chi connectivity index (χ3v) is 3.63. The molecule has 6 nitrogen and oxygen atoms in total. The molecular formula is C15H14N4O2. The average Bonchev–Trinajstić information content (AvgIpc) is 3.13. The van der Waals surface area contributed by atoms with Gasteiger partial charge in [-0.05, 0) is 12.5 Å². The van der Waals surface area contributed by atoms with Crippen LogP contribution in [-0.4, -0.2) is 19.7 Å². The highest BCUT2D eigenvalue weighted by molar-refractivity contribution is 5.50. The molecule has 0 amide bonds. The van der Waals surface area contributed by atoms with Crippen LogP contribution in [0.1, 0.15) is 23.2 Å². The van der Waals surface area contributed by atoms with E-state index in [9.17, 15) is 0 Å². The number of hydrogen-bond acceptors (Lipinski definition) is 5. The largest absolute Gasteiger partial charge is 0.365 e. The summed E-state index contributed by atoms with van der Waals surface area (Å²) in [7, 11) is 0. The van der Waals surface area contributed by atoms with Crippen molar-refractivity contribution in [1.29, 1.82) is 0 Å². The van der Waals surface area contributed by atoms with Gasteiger partial charge in [0.25, 0.3) is 5.89 Å². The fraction of sp³-hybridized carbons (Fsp3) is 0.267. The smallest absolute Gasteiger partial charge is 0.278 e. The molecule has 4 rings (SSSR count). The molecule has 3 aromatic rings. The number of aromatic nitrogens is 4. The van der Waals surface area contributed by atoms with Gasteiger partial charge in [0.1, 0.15) is 6.10 Å². The van der Waals surface area contributed by atoms with Crippen molar-refractivity contribution in [1.82, 2.24) is 19.7 Å². The van der Waals surface area contributed by atoms with Crippen LogP contribution in [0.2, 0.25) is 0 Å². The Kier molecular flexibility index (Phi) is 2.82. The first-order valence-corrected chi connectivity index (χ1v) is 6.82. The molecule has 1 aromatic carbocycles. The SMILES string of the molecule is Cc1noc(-c2ncn3c2COC(c2ccccc2)C3)n1. The molecule has 1 aliphatic rings. The molecule has 0 N–H and O–H groups in total. The van der Waals surface area contributed by atoms with E-state index in [0.29, 0.717) is 24.0 Å². The summed E-state index contributed by atoms with van der Waals surface area (Å²) in [5.74, 6) is 1.05. The normalized spacial score (nSPS) is 17.7. The lowest BCUT2D eigenvalue weighted by molar-refractivity contribution is 0.00330. The van der Waals surface area contributed by atoms with Crippen LogP contribution in [0, 0.1) is 6.92 Å². The molecule has 1 aliphatic heterocycles. The summed E-state index contributed by atoms with van der Waals surface area (Å²) in [6.45, 7) is 3.01. The summed E-state index contributed by atoms with van der Waals surface area (Å²) >= 11 is 0. The summed E-state index contributed by atoms with van der Waals surface area (Å²) in [4.78, 5) is 8.63. The minimum absolute atomic E-state index is 0.0465. The fourth-order valence-corrected chi connectivity index (χ4v) is 2.57. The summed E-state index contributed by atoms with van der Waals surface area (Å²) in [5.41, 5.74) is 2.86. The van der Waals surface area contributed by atoms with Crippen molar-refractivity contribution in [2.45, 2.75) is 26.2 Å². The van der Waals surface area contributed by atoms with E-state index in [2.05, 4.69) is 31.8 Å². The molecule has 0 fully saturated rings. The molecule has 1 atom stereocenters. The first-order valence-electron chi connectivity index (χ1n) is 6.82. The van der Waals surface area contributed by atoms with Crippen molar-refractivity contribution in [2.75, 3.05) is 0 Å². The molecule has 6 heteroatoms. The first kappa shape index (κ1) is 12.3. The maximum atomic E-state index is 5.97. The Balaban J connectivity index is 1.65. The number of aryl methyl sites for hydroxylation is 1. The van der Waals surface area contributed by atoms with Gasteiger partial charge in [0, 0.05) is 0 Å². The van der Waals surface area contributed by atoms with E-state index in [1.807, 2.05) is 24.5 Å². The lowest BCUT2D eigenvalue weighted by Crippen LogP contribution is -2.20. The predicted molar refractivity (Wildman–Crippen MR) is 74.2 cm³/mol. The van der Waals surface area contributed by atoms with Crippen LogP contribution >= 0.6 is 0 Å². The average molecular weight is 282 g/mol. The Morgan fingerprint density at radius 3 is 2.86 bits per heavy atom. The van der Waals surface area contributed by atoms with Gasteiger partial charge >= 0.3 is 0 Å². The number of imidazole rings is 1. The molecule has 3 heterocycles. The summed E-state index contributed by atoms with van der Waals surface area (Å²) in [6, 6.07) is 10.2. The standard InChI is InChI=1S/C15H14N4O2/c1-10-17-15(21-18-10)14-12-8-20-13(7-19(12)9-16-14)11-5-3-2-4-6-11/h2-6,9,13H,7-8H2,1H3. The summed E-state index contributed by atoms with van der Waals surface area (Å²) in [5, 5.41) is 3.81. The zero-order chi connectivity index (χ0) is 14.2. The molecule has 0 spiro atoms. The van der Waals surface area contributed by atoms with Crippen molar-refractivity contribution < 1.29 is 9.26 Å². The van der Waals surface area contributed by atoms with Gasteiger partial charge in [-0.1, -0.05) is 35.5 Å². The second-order valence-corrected chi connectivity index (χ2v) is 5.05. The molecular weight excluding hydrogens is 268 g/mol. The molecule has 21 heavy (non-hydrogen) atoms. The van der Waals surface area contributed by atoms with Gasteiger partial charge in [0.2, 0.25) is 0 Å². The van der Waals surface area contributed by atoms with E-state index in [1.54, 1.807) is 6.92 Å². The molecule has 0 radical (unpaired) electrons. The summed E-state index contributed by atoms with van der Waals surface area (Å²) in [6.07, 6.45) is 1.85. The highest BCUT2D eigenvalue weighted by Gasteiger charge is 2.26. The zero-order valence-electron chi connectivity index (χ0n) is 11.6. The van der Waals surface area contributed by atoms with E-state index in [-0.39, 0.29) is 6.10 Å². The van der Waals surface area contributed by atoms with Crippen molar-refractivity contribution in [3.05, 3.63) is 53.7 Å². The molecule has 2 aromatic heterocycles. The van der Waals surface area contributed by atoms with Crippen LogP contribution < -0.4 is 0 Å². The fourth-order valence-electron chi connectivity index (χ4n) is 2.57. The lowest BCUT2D eigenvalue weighted by Gasteiger charge is -2.25. The van der Waals surface area contributed by atoms with Gasteiger partial charge in [-0.15, -0.1) is 0 Å². The van der Waals surface area contributed by atoms with Crippen LogP contribution in [0.15, 0.2) is 41.2 Å². The molecule has 0 saturated carbocycles. The van der Waals surface area contributed by atoms with E-state index >= 15 is 0 Å². The lowest BCUT2D eigenvalue weighted by atomic mass is 10.1. The number of fused-ring (bicyclic) bond motifs is 1. The Hall–Kier alpha value is -2.47. The quantitative estimate of drug-likeness (QED) is 0.722. The Bertz CT molecular complexity index is 763. The molecule has 0 bridgehead atoms. The van der Waals surface area contributed by atoms with Crippen LogP contribution in [0.25, 0.3) is 11.6 Å². The molecule has 1 unspecified atom stereocenters. The maximum Gasteiger partial charge on any atom is 0.278 e. The number of rotatable bonds is 2. The minimum atomic E-state index is 0.0465. The van der Waals surface area contributed by atoms with Gasteiger partial charge in [-0.3, -0.25) is 0 Å². The summed E-state index contributed by atoms with van der Waals surface area (Å²) < 4.78 is 13.3. The van der Waals surface area contributed by atoms with Gasteiger partial charge in [-0.25, -0.2) is 4.98 Å². The van der Waals surface area contributed by atoms with E-state index in [4.69, 9.17) is 9.26 Å². The van der Waals surface area contributed by atoms with Crippen LogP contribution in [0.5, 0.6) is 0 Å². The Morgan fingerprint density at radius 2 is 2.10 bits per heavy atom.